The Morgan fingerprint density at radius 3 is 2.58 bits per heavy atom. The number of hydrogen-bond acceptors (Lipinski definition) is 5. The summed E-state index contributed by atoms with van der Waals surface area (Å²) in [5, 5.41) is 4.23. The summed E-state index contributed by atoms with van der Waals surface area (Å²) in [6, 6.07) is 20.1. The van der Waals surface area contributed by atoms with Crippen LogP contribution >= 0.6 is 23.4 Å². The van der Waals surface area contributed by atoms with Gasteiger partial charge in [-0.05, 0) is 36.1 Å². The quantitative estimate of drug-likeness (QED) is 0.239. The number of thioether (sulfide) groups is 1. The smallest absolute Gasteiger partial charge is 0.251 e. The van der Waals surface area contributed by atoms with Crippen LogP contribution in [0.15, 0.2) is 65.8 Å². The Labute approximate surface area is 205 Å². The molecule has 1 fully saturated rings. The number of hydrogen-bond donors (Lipinski definition) is 1. The molecule has 1 saturated carbocycles. The molecule has 1 heterocycles. The summed E-state index contributed by atoms with van der Waals surface area (Å²) in [5.74, 6) is 1.45. The van der Waals surface area contributed by atoms with Crippen LogP contribution in [0.25, 0.3) is 0 Å². The molecule has 0 unspecified atom stereocenters. The summed E-state index contributed by atoms with van der Waals surface area (Å²) in [4.78, 5) is 23.8. The van der Waals surface area contributed by atoms with E-state index in [1.807, 2.05) is 49.5 Å². The molecule has 1 aliphatic rings. The van der Waals surface area contributed by atoms with Crippen LogP contribution in [0.4, 0.5) is 5.82 Å². The van der Waals surface area contributed by atoms with Gasteiger partial charge in [0.1, 0.15) is 11.0 Å². The highest BCUT2D eigenvalue weighted by molar-refractivity contribution is 7.98. The zero-order valence-electron chi connectivity index (χ0n) is 18.8. The lowest BCUT2D eigenvalue weighted by atomic mass is 9.95. The first-order chi connectivity index (χ1) is 16.1. The van der Waals surface area contributed by atoms with Crippen LogP contribution in [-0.2, 0) is 12.3 Å². The molecule has 0 bridgehead atoms. The second-order valence-electron chi connectivity index (χ2n) is 8.47. The molecular formula is C26H29ClN4OS. The van der Waals surface area contributed by atoms with Crippen molar-refractivity contribution >= 4 is 35.1 Å². The highest BCUT2D eigenvalue weighted by Crippen LogP contribution is 2.25. The normalized spacial score (nSPS) is 14.1. The van der Waals surface area contributed by atoms with E-state index in [4.69, 9.17) is 16.6 Å². The number of nitrogens with one attached hydrogen (secondary N) is 1. The number of aromatic nitrogens is 2. The first-order valence-corrected chi connectivity index (χ1v) is 12.8. The van der Waals surface area contributed by atoms with Gasteiger partial charge in [0.05, 0.1) is 0 Å². The molecule has 5 nitrogen and oxygen atoms in total. The Hall–Kier alpha value is -2.57. The molecule has 0 atom stereocenters. The fourth-order valence-corrected chi connectivity index (χ4v) is 5.07. The van der Waals surface area contributed by atoms with Gasteiger partial charge >= 0.3 is 0 Å². The zero-order valence-corrected chi connectivity index (χ0v) is 20.4. The first kappa shape index (κ1) is 23.6. The average molecular weight is 481 g/mol. The van der Waals surface area contributed by atoms with Gasteiger partial charge in [0.25, 0.3) is 5.91 Å². The van der Waals surface area contributed by atoms with Crippen LogP contribution in [-0.4, -0.2) is 29.0 Å². The molecule has 0 saturated heterocycles. The van der Waals surface area contributed by atoms with Crippen molar-refractivity contribution in [2.45, 2.75) is 55.6 Å². The molecule has 0 spiro atoms. The maximum Gasteiger partial charge on any atom is 0.251 e. The maximum absolute atomic E-state index is 12.7. The Morgan fingerprint density at radius 2 is 1.79 bits per heavy atom. The van der Waals surface area contributed by atoms with Gasteiger partial charge in [-0.2, -0.15) is 0 Å². The van der Waals surface area contributed by atoms with Gasteiger partial charge in [-0.3, -0.25) is 4.79 Å². The number of halogens is 1. The van der Waals surface area contributed by atoms with Crippen molar-refractivity contribution in [3.8, 4) is 0 Å². The van der Waals surface area contributed by atoms with E-state index in [9.17, 15) is 4.79 Å². The second kappa shape index (κ2) is 11.5. The van der Waals surface area contributed by atoms with Gasteiger partial charge in [-0.15, -0.1) is 0 Å². The standard InChI is InChI=1S/C26H29ClN4OS/c1-31(17-19-9-4-2-5-10-19)24-16-23(27)29-26(30-24)33-18-20-11-8-12-21(15-20)25(32)28-22-13-6-3-7-14-22/h2,4-5,8-12,15-16,22H,3,6-7,13-14,17-18H2,1H3,(H,28,32). The van der Waals surface area contributed by atoms with Crippen molar-refractivity contribution in [3.05, 3.63) is 82.5 Å². The van der Waals surface area contributed by atoms with Gasteiger partial charge in [0, 0.05) is 37.0 Å². The van der Waals surface area contributed by atoms with E-state index in [2.05, 4.69) is 27.3 Å². The van der Waals surface area contributed by atoms with Crippen LogP contribution in [0.5, 0.6) is 0 Å². The highest BCUT2D eigenvalue weighted by Gasteiger charge is 2.17. The highest BCUT2D eigenvalue weighted by atomic mass is 35.5. The lowest BCUT2D eigenvalue weighted by Crippen LogP contribution is -2.36. The number of rotatable bonds is 8. The van der Waals surface area contributed by atoms with Gasteiger partial charge in [0.2, 0.25) is 0 Å². The van der Waals surface area contributed by atoms with Gasteiger partial charge in [-0.1, -0.05) is 85.1 Å². The Kier molecular flexibility index (Phi) is 8.24. The minimum absolute atomic E-state index is 0.0116. The number of benzene rings is 2. The summed E-state index contributed by atoms with van der Waals surface area (Å²) in [7, 11) is 1.99. The van der Waals surface area contributed by atoms with Crippen molar-refractivity contribution in [2.75, 3.05) is 11.9 Å². The van der Waals surface area contributed by atoms with E-state index >= 15 is 0 Å². The molecular weight excluding hydrogens is 452 g/mol. The molecule has 1 aromatic heterocycles. The molecule has 3 aromatic rings. The van der Waals surface area contributed by atoms with Crippen molar-refractivity contribution in [2.24, 2.45) is 0 Å². The molecule has 33 heavy (non-hydrogen) atoms. The monoisotopic (exact) mass is 480 g/mol. The van der Waals surface area contributed by atoms with Crippen molar-refractivity contribution in [1.82, 2.24) is 15.3 Å². The van der Waals surface area contributed by atoms with E-state index in [1.165, 1.54) is 36.6 Å². The minimum Gasteiger partial charge on any atom is -0.355 e. The number of nitrogens with zero attached hydrogens (tertiary/aromatic N) is 3. The van der Waals surface area contributed by atoms with Crippen LogP contribution in [0.1, 0.15) is 53.6 Å². The molecule has 1 amide bonds. The lowest BCUT2D eigenvalue weighted by Gasteiger charge is -2.22. The third kappa shape index (κ3) is 6.95. The van der Waals surface area contributed by atoms with Crippen LogP contribution in [0.2, 0.25) is 5.15 Å². The maximum atomic E-state index is 12.7. The Bertz CT molecular complexity index is 1070. The number of carbonyl (C=O) groups is 1. The summed E-state index contributed by atoms with van der Waals surface area (Å²) in [6.45, 7) is 0.733. The van der Waals surface area contributed by atoms with Crippen molar-refractivity contribution < 1.29 is 4.79 Å². The molecule has 0 radical (unpaired) electrons. The second-order valence-corrected chi connectivity index (χ2v) is 9.80. The van der Waals surface area contributed by atoms with E-state index in [0.717, 1.165) is 30.8 Å². The number of carbonyl (C=O) groups excluding carboxylic acids is 1. The predicted octanol–water partition coefficient (Wildman–Crippen LogP) is 6.12. The molecule has 1 aliphatic carbocycles. The van der Waals surface area contributed by atoms with Crippen LogP contribution in [0, 0.1) is 0 Å². The summed E-state index contributed by atoms with van der Waals surface area (Å²) in [6.07, 6.45) is 5.82. The molecule has 0 aliphatic heterocycles. The van der Waals surface area contributed by atoms with Crippen LogP contribution in [0.3, 0.4) is 0 Å². The van der Waals surface area contributed by atoms with E-state index in [1.54, 1.807) is 6.07 Å². The van der Waals surface area contributed by atoms with Crippen LogP contribution < -0.4 is 10.2 Å². The SMILES string of the molecule is CN(Cc1ccccc1)c1cc(Cl)nc(SCc2cccc(C(=O)NC3CCCCC3)c2)n1. The third-order valence-electron chi connectivity index (χ3n) is 5.81. The first-order valence-electron chi connectivity index (χ1n) is 11.4. The minimum atomic E-state index is 0.0116. The van der Waals surface area contributed by atoms with Gasteiger partial charge < -0.3 is 10.2 Å². The number of anilines is 1. The topological polar surface area (TPSA) is 58.1 Å². The Balaban J connectivity index is 1.38. The van der Waals surface area contributed by atoms with Gasteiger partial charge in [0.15, 0.2) is 5.16 Å². The predicted molar refractivity (Wildman–Crippen MR) is 136 cm³/mol. The summed E-state index contributed by atoms with van der Waals surface area (Å²) >= 11 is 7.81. The lowest BCUT2D eigenvalue weighted by molar-refractivity contribution is 0.0927. The van der Waals surface area contributed by atoms with Crippen molar-refractivity contribution in [1.29, 1.82) is 0 Å². The van der Waals surface area contributed by atoms with E-state index < -0.39 is 0 Å². The summed E-state index contributed by atoms with van der Waals surface area (Å²) < 4.78 is 0. The fraction of sp³-hybridized carbons (Fsp3) is 0.346. The molecule has 2 aromatic carbocycles. The molecule has 7 heteroatoms. The van der Waals surface area contributed by atoms with Crippen molar-refractivity contribution in [3.63, 3.8) is 0 Å². The largest absolute Gasteiger partial charge is 0.355 e. The molecule has 1 N–H and O–H groups in total. The van der Waals surface area contributed by atoms with E-state index in [0.29, 0.717) is 27.7 Å². The zero-order chi connectivity index (χ0) is 23.0. The molecule has 172 valence electrons. The average Bonchev–Trinajstić information content (AvgIpc) is 2.84. The van der Waals surface area contributed by atoms with Gasteiger partial charge in [-0.25, -0.2) is 9.97 Å². The third-order valence-corrected chi connectivity index (χ3v) is 6.92. The molecule has 4 rings (SSSR count). The van der Waals surface area contributed by atoms with E-state index in [-0.39, 0.29) is 5.91 Å². The fourth-order valence-electron chi connectivity index (χ4n) is 4.05. The Morgan fingerprint density at radius 1 is 1.03 bits per heavy atom. The number of amides is 1. The summed E-state index contributed by atoms with van der Waals surface area (Å²) in [5.41, 5.74) is 2.96.